The first-order valence-electron chi connectivity index (χ1n) is 10.3. The van der Waals surface area contributed by atoms with Crippen molar-refractivity contribution in [2.45, 2.75) is 39.3 Å². The minimum absolute atomic E-state index is 0. The van der Waals surface area contributed by atoms with Crippen molar-refractivity contribution in [1.82, 2.24) is 30.3 Å². The zero-order valence-electron chi connectivity index (χ0n) is 18.4. The number of aryl methyl sites for hydroxylation is 1. The van der Waals surface area contributed by atoms with E-state index >= 15 is 0 Å². The molecule has 2 aromatic rings. The predicted octanol–water partition coefficient (Wildman–Crippen LogP) is 2.00. The SMILES string of the molecule is COc1ccc(CN=C(NCCCN2CCCC2=O)NCc2nnc(C)n2C)cc1.I. The molecule has 2 N–H and O–H groups in total. The fourth-order valence-corrected chi connectivity index (χ4v) is 3.26. The van der Waals surface area contributed by atoms with E-state index in [1.807, 2.05) is 47.7 Å². The van der Waals surface area contributed by atoms with Gasteiger partial charge in [-0.15, -0.1) is 34.2 Å². The number of carbonyl (C=O) groups is 1. The van der Waals surface area contributed by atoms with E-state index in [0.717, 1.165) is 55.4 Å². The lowest BCUT2D eigenvalue weighted by molar-refractivity contribution is -0.127. The molecule has 1 saturated heterocycles. The Hall–Kier alpha value is -2.37. The summed E-state index contributed by atoms with van der Waals surface area (Å²) in [5, 5.41) is 15.0. The Morgan fingerprint density at radius 1 is 1.23 bits per heavy atom. The van der Waals surface area contributed by atoms with Crippen LogP contribution in [-0.4, -0.2) is 58.3 Å². The van der Waals surface area contributed by atoms with Crippen molar-refractivity contribution in [3.63, 3.8) is 0 Å². The Balaban J connectivity index is 0.00000341. The summed E-state index contributed by atoms with van der Waals surface area (Å²) < 4.78 is 7.16. The van der Waals surface area contributed by atoms with E-state index in [0.29, 0.717) is 25.5 Å². The Labute approximate surface area is 200 Å². The minimum atomic E-state index is 0. The number of aromatic nitrogens is 3. The normalized spacial score (nSPS) is 13.8. The molecule has 2 heterocycles. The number of nitrogens with zero attached hydrogens (tertiary/aromatic N) is 5. The van der Waals surface area contributed by atoms with Crippen molar-refractivity contribution in [2.24, 2.45) is 12.0 Å². The lowest BCUT2D eigenvalue weighted by atomic mass is 10.2. The Morgan fingerprint density at radius 2 is 2.00 bits per heavy atom. The smallest absolute Gasteiger partial charge is 0.222 e. The molecule has 1 aromatic carbocycles. The van der Waals surface area contributed by atoms with E-state index in [4.69, 9.17) is 9.73 Å². The highest BCUT2D eigenvalue weighted by Gasteiger charge is 2.19. The van der Waals surface area contributed by atoms with Gasteiger partial charge in [0.15, 0.2) is 11.8 Å². The van der Waals surface area contributed by atoms with Crippen LogP contribution in [0.5, 0.6) is 5.75 Å². The van der Waals surface area contributed by atoms with Gasteiger partial charge in [0.25, 0.3) is 0 Å². The number of aliphatic imine (C=N–C) groups is 1. The lowest BCUT2D eigenvalue weighted by Gasteiger charge is -2.17. The molecular weight excluding hydrogens is 509 g/mol. The van der Waals surface area contributed by atoms with Gasteiger partial charge < -0.3 is 24.8 Å². The number of amides is 1. The first kappa shape index (κ1) is 24.9. The van der Waals surface area contributed by atoms with E-state index in [2.05, 4.69) is 20.8 Å². The summed E-state index contributed by atoms with van der Waals surface area (Å²) in [5.41, 5.74) is 1.09. The summed E-state index contributed by atoms with van der Waals surface area (Å²) in [7, 11) is 3.60. The summed E-state index contributed by atoms with van der Waals surface area (Å²) in [6.07, 6.45) is 2.53. The van der Waals surface area contributed by atoms with E-state index in [-0.39, 0.29) is 29.9 Å². The molecule has 0 atom stereocenters. The fraction of sp³-hybridized carbons (Fsp3) is 0.524. The number of methoxy groups -OCH3 is 1. The van der Waals surface area contributed by atoms with Gasteiger partial charge in [0.05, 0.1) is 20.2 Å². The summed E-state index contributed by atoms with van der Waals surface area (Å²) in [6.45, 7) is 5.38. The molecule has 170 valence electrons. The van der Waals surface area contributed by atoms with Crippen LogP contribution in [0.1, 0.15) is 36.5 Å². The topological polar surface area (TPSA) is 96.7 Å². The second-order valence-corrected chi connectivity index (χ2v) is 7.35. The average Bonchev–Trinajstić information content (AvgIpc) is 3.32. The van der Waals surface area contributed by atoms with Crippen LogP contribution in [0.3, 0.4) is 0 Å². The lowest BCUT2D eigenvalue weighted by Crippen LogP contribution is -2.39. The zero-order chi connectivity index (χ0) is 21.3. The van der Waals surface area contributed by atoms with Crippen molar-refractivity contribution >= 4 is 35.8 Å². The van der Waals surface area contributed by atoms with Crippen LogP contribution in [0.25, 0.3) is 0 Å². The third-order valence-electron chi connectivity index (χ3n) is 5.24. The van der Waals surface area contributed by atoms with Crippen molar-refractivity contribution in [1.29, 1.82) is 0 Å². The summed E-state index contributed by atoms with van der Waals surface area (Å²) >= 11 is 0. The van der Waals surface area contributed by atoms with Crippen LogP contribution in [0.2, 0.25) is 0 Å². The highest BCUT2D eigenvalue weighted by atomic mass is 127. The fourth-order valence-electron chi connectivity index (χ4n) is 3.26. The van der Waals surface area contributed by atoms with Crippen molar-refractivity contribution in [3.05, 3.63) is 41.5 Å². The third-order valence-corrected chi connectivity index (χ3v) is 5.24. The third kappa shape index (κ3) is 7.37. The molecule has 0 unspecified atom stereocenters. The standard InChI is InChI=1S/C21H31N7O2.HI/c1-16-25-26-19(27(16)2)15-24-21(22-11-5-13-28-12-4-6-20(28)29)23-14-17-7-9-18(30-3)10-8-17;/h7-10H,4-6,11-15H2,1-3H3,(H2,22,23,24);1H. The van der Waals surface area contributed by atoms with Crippen molar-refractivity contribution in [2.75, 3.05) is 26.7 Å². The number of hydrogen-bond donors (Lipinski definition) is 2. The summed E-state index contributed by atoms with van der Waals surface area (Å²) in [6, 6.07) is 7.87. The molecule has 1 fully saturated rings. The number of guanidine groups is 1. The Bertz CT molecular complexity index is 867. The molecule has 9 nitrogen and oxygen atoms in total. The van der Waals surface area contributed by atoms with Gasteiger partial charge in [0, 0.05) is 33.1 Å². The van der Waals surface area contributed by atoms with Gasteiger partial charge in [0.1, 0.15) is 11.6 Å². The predicted molar refractivity (Wildman–Crippen MR) is 131 cm³/mol. The first-order valence-corrected chi connectivity index (χ1v) is 10.3. The van der Waals surface area contributed by atoms with Gasteiger partial charge in [0.2, 0.25) is 5.91 Å². The summed E-state index contributed by atoms with van der Waals surface area (Å²) in [5.74, 6) is 3.51. The number of benzene rings is 1. The second kappa shape index (κ2) is 12.5. The molecule has 1 aliphatic rings. The number of hydrogen-bond acceptors (Lipinski definition) is 5. The molecule has 1 aromatic heterocycles. The van der Waals surface area contributed by atoms with Crippen LogP contribution >= 0.6 is 24.0 Å². The molecular formula is C21H32IN7O2. The molecule has 0 radical (unpaired) electrons. The number of ether oxygens (including phenoxy) is 1. The minimum Gasteiger partial charge on any atom is -0.497 e. The number of likely N-dealkylation sites (tertiary alicyclic amines) is 1. The first-order chi connectivity index (χ1) is 14.6. The molecule has 0 bridgehead atoms. The van der Waals surface area contributed by atoms with E-state index < -0.39 is 0 Å². The molecule has 31 heavy (non-hydrogen) atoms. The highest BCUT2D eigenvalue weighted by molar-refractivity contribution is 14.0. The van der Waals surface area contributed by atoms with Crippen molar-refractivity contribution < 1.29 is 9.53 Å². The van der Waals surface area contributed by atoms with Gasteiger partial charge in [-0.3, -0.25) is 4.79 Å². The molecule has 0 spiro atoms. The number of halogens is 1. The maximum Gasteiger partial charge on any atom is 0.222 e. The Morgan fingerprint density at radius 3 is 2.61 bits per heavy atom. The largest absolute Gasteiger partial charge is 0.497 e. The van der Waals surface area contributed by atoms with Crippen LogP contribution in [0.15, 0.2) is 29.3 Å². The molecule has 0 aliphatic carbocycles. The number of carbonyl (C=O) groups excluding carboxylic acids is 1. The molecule has 3 rings (SSSR count). The van der Waals surface area contributed by atoms with E-state index in [1.54, 1.807) is 7.11 Å². The maximum absolute atomic E-state index is 11.7. The van der Waals surface area contributed by atoms with Gasteiger partial charge in [-0.25, -0.2) is 4.99 Å². The Kier molecular flexibility index (Phi) is 10.0. The van der Waals surface area contributed by atoms with Gasteiger partial charge in [-0.05, 0) is 37.5 Å². The van der Waals surface area contributed by atoms with Gasteiger partial charge in [-0.2, -0.15) is 0 Å². The molecule has 0 saturated carbocycles. The molecule has 1 aliphatic heterocycles. The van der Waals surface area contributed by atoms with Gasteiger partial charge >= 0.3 is 0 Å². The maximum atomic E-state index is 11.7. The van der Waals surface area contributed by atoms with Crippen LogP contribution in [-0.2, 0) is 24.9 Å². The van der Waals surface area contributed by atoms with E-state index in [1.165, 1.54) is 0 Å². The highest BCUT2D eigenvalue weighted by Crippen LogP contribution is 2.12. The van der Waals surface area contributed by atoms with Crippen LogP contribution < -0.4 is 15.4 Å². The molecule has 1 amide bonds. The average molecular weight is 541 g/mol. The second-order valence-electron chi connectivity index (χ2n) is 7.35. The van der Waals surface area contributed by atoms with E-state index in [9.17, 15) is 4.79 Å². The number of rotatable bonds is 9. The van der Waals surface area contributed by atoms with Gasteiger partial charge in [-0.1, -0.05) is 12.1 Å². The monoisotopic (exact) mass is 541 g/mol. The van der Waals surface area contributed by atoms with Crippen molar-refractivity contribution in [3.8, 4) is 5.75 Å². The quantitative estimate of drug-likeness (QED) is 0.218. The number of nitrogens with one attached hydrogen (secondary N) is 2. The zero-order valence-corrected chi connectivity index (χ0v) is 20.8. The summed E-state index contributed by atoms with van der Waals surface area (Å²) in [4.78, 5) is 18.4. The molecule has 10 heteroatoms. The van der Waals surface area contributed by atoms with Crippen LogP contribution in [0.4, 0.5) is 0 Å². The van der Waals surface area contributed by atoms with Crippen LogP contribution in [0, 0.1) is 6.92 Å².